The smallest absolute Gasteiger partial charge is 0.128 e. The average molecular weight is 282 g/mol. The van der Waals surface area contributed by atoms with Gasteiger partial charge in [-0.3, -0.25) is 0 Å². The number of hydrogen-bond acceptors (Lipinski definition) is 3. The fraction of sp³-hybridized carbons (Fsp3) is 0.333. The predicted octanol–water partition coefficient (Wildman–Crippen LogP) is 3.22. The molecular formula is C18H18O3. The minimum atomic E-state index is -0.553. The van der Waals surface area contributed by atoms with Gasteiger partial charge in [0.2, 0.25) is 0 Å². The number of rotatable bonds is 2. The van der Waals surface area contributed by atoms with Crippen LogP contribution in [-0.2, 0) is 6.42 Å². The highest BCUT2D eigenvalue weighted by Crippen LogP contribution is 2.44. The summed E-state index contributed by atoms with van der Waals surface area (Å²) in [5, 5.41) is 10.9. The van der Waals surface area contributed by atoms with E-state index in [4.69, 9.17) is 9.47 Å². The van der Waals surface area contributed by atoms with E-state index in [0.717, 1.165) is 35.5 Å². The van der Waals surface area contributed by atoms with E-state index in [0.29, 0.717) is 13.2 Å². The molecule has 3 heteroatoms. The van der Waals surface area contributed by atoms with Crippen LogP contribution in [0.5, 0.6) is 11.5 Å². The summed E-state index contributed by atoms with van der Waals surface area (Å²) in [5.41, 5.74) is 3.20. The standard InChI is InChI=1S/C18H18O3/c19-17(15-6-3-4-12-8-10-21-18(12)15)14-9-11-20-16-7-2-1-5-13(14)16/h1-7,14,17,19H,8-11H2. The van der Waals surface area contributed by atoms with Crippen molar-refractivity contribution < 1.29 is 14.6 Å². The molecule has 4 rings (SSSR count). The summed E-state index contributed by atoms with van der Waals surface area (Å²) in [4.78, 5) is 0. The first kappa shape index (κ1) is 12.7. The molecule has 0 bridgehead atoms. The molecule has 2 aromatic rings. The van der Waals surface area contributed by atoms with Crippen LogP contribution in [0.2, 0.25) is 0 Å². The molecule has 0 aliphatic carbocycles. The van der Waals surface area contributed by atoms with Crippen LogP contribution in [0.4, 0.5) is 0 Å². The Morgan fingerprint density at radius 3 is 2.86 bits per heavy atom. The Bertz CT molecular complexity index is 665. The number of fused-ring (bicyclic) bond motifs is 2. The zero-order chi connectivity index (χ0) is 14.2. The minimum Gasteiger partial charge on any atom is -0.493 e. The molecular weight excluding hydrogens is 264 g/mol. The van der Waals surface area contributed by atoms with Crippen LogP contribution in [0.1, 0.15) is 35.1 Å². The number of para-hydroxylation sites is 2. The Kier molecular flexibility index (Phi) is 3.08. The maximum atomic E-state index is 10.9. The maximum Gasteiger partial charge on any atom is 0.128 e. The zero-order valence-corrected chi connectivity index (χ0v) is 11.8. The van der Waals surface area contributed by atoms with Crippen LogP contribution in [0, 0.1) is 0 Å². The van der Waals surface area contributed by atoms with Crippen molar-refractivity contribution in [1.82, 2.24) is 0 Å². The molecule has 2 atom stereocenters. The van der Waals surface area contributed by atoms with Crippen molar-refractivity contribution in [3.63, 3.8) is 0 Å². The molecule has 21 heavy (non-hydrogen) atoms. The Morgan fingerprint density at radius 2 is 1.90 bits per heavy atom. The van der Waals surface area contributed by atoms with Gasteiger partial charge in [0.1, 0.15) is 11.5 Å². The van der Waals surface area contributed by atoms with E-state index in [1.807, 2.05) is 36.4 Å². The van der Waals surface area contributed by atoms with Crippen molar-refractivity contribution in [2.75, 3.05) is 13.2 Å². The van der Waals surface area contributed by atoms with Crippen LogP contribution in [0.25, 0.3) is 0 Å². The van der Waals surface area contributed by atoms with Crippen molar-refractivity contribution in [2.24, 2.45) is 0 Å². The van der Waals surface area contributed by atoms with E-state index in [-0.39, 0.29) is 5.92 Å². The molecule has 3 nitrogen and oxygen atoms in total. The first-order valence-electron chi connectivity index (χ1n) is 7.49. The predicted molar refractivity (Wildman–Crippen MR) is 79.9 cm³/mol. The lowest BCUT2D eigenvalue weighted by Gasteiger charge is -2.30. The summed E-state index contributed by atoms with van der Waals surface area (Å²) in [6.45, 7) is 1.36. The number of aliphatic hydroxyl groups is 1. The van der Waals surface area contributed by atoms with Gasteiger partial charge in [-0.2, -0.15) is 0 Å². The van der Waals surface area contributed by atoms with Gasteiger partial charge in [0.15, 0.2) is 0 Å². The van der Waals surface area contributed by atoms with Crippen LogP contribution in [0.15, 0.2) is 42.5 Å². The van der Waals surface area contributed by atoms with Crippen LogP contribution < -0.4 is 9.47 Å². The van der Waals surface area contributed by atoms with Gasteiger partial charge in [-0.1, -0.05) is 36.4 Å². The average Bonchev–Trinajstić information content (AvgIpc) is 3.02. The number of hydrogen-bond donors (Lipinski definition) is 1. The second-order valence-electron chi connectivity index (χ2n) is 5.66. The lowest BCUT2D eigenvalue weighted by Crippen LogP contribution is -2.20. The normalized spacial score (nSPS) is 20.9. The van der Waals surface area contributed by atoms with E-state index in [2.05, 4.69) is 6.07 Å². The molecule has 0 aromatic heterocycles. The summed E-state index contributed by atoms with van der Waals surface area (Å²) in [7, 11) is 0. The molecule has 0 radical (unpaired) electrons. The molecule has 0 saturated heterocycles. The van der Waals surface area contributed by atoms with Gasteiger partial charge in [0, 0.05) is 23.5 Å². The third kappa shape index (κ3) is 2.09. The van der Waals surface area contributed by atoms with E-state index in [9.17, 15) is 5.11 Å². The molecule has 108 valence electrons. The largest absolute Gasteiger partial charge is 0.493 e. The summed E-state index contributed by atoms with van der Waals surface area (Å²) in [6, 6.07) is 14.1. The van der Waals surface area contributed by atoms with Gasteiger partial charge >= 0.3 is 0 Å². The van der Waals surface area contributed by atoms with Crippen molar-refractivity contribution in [2.45, 2.75) is 24.9 Å². The quantitative estimate of drug-likeness (QED) is 0.919. The van der Waals surface area contributed by atoms with Gasteiger partial charge in [-0.05, 0) is 18.1 Å². The zero-order valence-electron chi connectivity index (χ0n) is 11.8. The van der Waals surface area contributed by atoms with Gasteiger partial charge < -0.3 is 14.6 Å². The van der Waals surface area contributed by atoms with E-state index in [1.54, 1.807) is 0 Å². The highest BCUT2D eigenvalue weighted by Gasteiger charge is 2.31. The molecule has 2 aliphatic rings. The van der Waals surface area contributed by atoms with Crippen LogP contribution >= 0.6 is 0 Å². The lowest BCUT2D eigenvalue weighted by atomic mass is 9.84. The highest BCUT2D eigenvalue weighted by molar-refractivity contribution is 5.47. The summed E-state index contributed by atoms with van der Waals surface area (Å²) < 4.78 is 11.4. The Hall–Kier alpha value is -2.00. The summed E-state index contributed by atoms with van der Waals surface area (Å²) >= 11 is 0. The Morgan fingerprint density at radius 1 is 1.00 bits per heavy atom. The first-order chi connectivity index (χ1) is 10.3. The Labute approximate surface area is 124 Å². The third-order valence-corrected chi connectivity index (χ3v) is 4.45. The third-order valence-electron chi connectivity index (χ3n) is 4.45. The summed E-state index contributed by atoms with van der Waals surface area (Å²) in [5.74, 6) is 1.83. The second kappa shape index (κ2) is 5.08. The lowest BCUT2D eigenvalue weighted by molar-refractivity contribution is 0.114. The van der Waals surface area contributed by atoms with Gasteiger partial charge in [-0.15, -0.1) is 0 Å². The second-order valence-corrected chi connectivity index (χ2v) is 5.66. The molecule has 1 N–H and O–H groups in total. The molecule has 2 unspecified atom stereocenters. The Balaban J connectivity index is 1.73. The fourth-order valence-corrected chi connectivity index (χ4v) is 3.39. The molecule has 2 aliphatic heterocycles. The monoisotopic (exact) mass is 282 g/mol. The molecule has 0 fully saturated rings. The number of aliphatic hydroxyl groups excluding tert-OH is 1. The van der Waals surface area contributed by atoms with Crippen molar-refractivity contribution in [3.05, 3.63) is 59.2 Å². The van der Waals surface area contributed by atoms with E-state index in [1.165, 1.54) is 5.56 Å². The summed E-state index contributed by atoms with van der Waals surface area (Å²) in [6.07, 6.45) is 1.20. The SMILES string of the molecule is OC(c1cccc2c1OCC2)C1CCOc2ccccc21. The topological polar surface area (TPSA) is 38.7 Å². The van der Waals surface area contributed by atoms with Crippen molar-refractivity contribution in [3.8, 4) is 11.5 Å². The molecule has 2 aromatic carbocycles. The van der Waals surface area contributed by atoms with Gasteiger partial charge in [0.25, 0.3) is 0 Å². The first-order valence-corrected chi connectivity index (χ1v) is 7.49. The maximum absolute atomic E-state index is 10.9. The highest BCUT2D eigenvalue weighted by atomic mass is 16.5. The van der Waals surface area contributed by atoms with E-state index < -0.39 is 6.10 Å². The number of ether oxygens (including phenoxy) is 2. The van der Waals surface area contributed by atoms with Gasteiger partial charge in [0.05, 0.1) is 19.3 Å². The van der Waals surface area contributed by atoms with Crippen LogP contribution in [0.3, 0.4) is 0 Å². The minimum absolute atomic E-state index is 0.0608. The number of benzene rings is 2. The van der Waals surface area contributed by atoms with Crippen molar-refractivity contribution in [1.29, 1.82) is 0 Å². The fourth-order valence-electron chi connectivity index (χ4n) is 3.39. The molecule has 0 spiro atoms. The van der Waals surface area contributed by atoms with Gasteiger partial charge in [-0.25, -0.2) is 0 Å². The van der Waals surface area contributed by atoms with E-state index >= 15 is 0 Å². The molecule has 0 saturated carbocycles. The van der Waals surface area contributed by atoms with Crippen molar-refractivity contribution >= 4 is 0 Å². The molecule has 2 heterocycles. The molecule has 0 amide bonds. The van der Waals surface area contributed by atoms with Crippen LogP contribution in [-0.4, -0.2) is 18.3 Å².